The van der Waals surface area contributed by atoms with Gasteiger partial charge in [-0.05, 0) is 31.5 Å². The van der Waals surface area contributed by atoms with Gasteiger partial charge in [0.05, 0.1) is 19.9 Å². The Labute approximate surface area is 111 Å². The monoisotopic (exact) mass is 260 g/mol. The van der Waals surface area contributed by atoms with Crippen molar-refractivity contribution in [3.63, 3.8) is 0 Å². The highest BCUT2D eigenvalue weighted by Gasteiger charge is 2.16. The zero-order valence-electron chi connectivity index (χ0n) is 11.4. The Morgan fingerprint density at radius 3 is 2.37 bits per heavy atom. The van der Waals surface area contributed by atoms with E-state index in [4.69, 9.17) is 9.47 Å². The van der Waals surface area contributed by atoms with Crippen LogP contribution in [0.4, 0.5) is 0 Å². The third kappa shape index (κ3) is 2.31. The van der Waals surface area contributed by atoms with Gasteiger partial charge < -0.3 is 14.5 Å². The summed E-state index contributed by atoms with van der Waals surface area (Å²) in [5, 5.41) is 0. The maximum absolute atomic E-state index is 10.8. The minimum absolute atomic E-state index is 0.300. The molecule has 0 unspecified atom stereocenters. The maximum Gasteiger partial charge on any atom is 0.185 e. The van der Waals surface area contributed by atoms with Crippen LogP contribution >= 0.6 is 0 Å². The number of aromatic nitrogens is 2. The summed E-state index contributed by atoms with van der Waals surface area (Å²) in [5.41, 5.74) is 3.28. The van der Waals surface area contributed by atoms with Crippen molar-refractivity contribution in [2.75, 3.05) is 14.2 Å². The van der Waals surface area contributed by atoms with Gasteiger partial charge >= 0.3 is 0 Å². The molecule has 0 aliphatic rings. The number of carbonyl (C=O) groups is 1. The van der Waals surface area contributed by atoms with E-state index in [1.54, 1.807) is 14.2 Å². The SMILES string of the molecule is COc1cc(-c2nc(C=O)[nH]c2C)c(OC)cc1C. The molecule has 0 bridgehead atoms. The molecule has 1 heterocycles. The Hall–Kier alpha value is -2.30. The van der Waals surface area contributed by atoms with E-state index in [9.17, 15) is 4.79 Å². The number of nitrogens with zero attached hydrogens (tertiary/aromatic N) is 1. The lowest BCUT2D eigenvalue weighted by Gasteiger charge is -2.12. The van der Waals surface area contributed by atoms with Crippen LogP contribution in [0.15, 0.2) is 12.1 Å². The minimum atomic E-state index is 0.300. The van der Waals surface area contributed by atoms with Crippen molar-refractivity contribution >= 4 is 6.29 Å². The van der Waals surface area contributed by atoms with Gasteiger partial charge in [-0.1, -0.05) is 0 Å². The number of hydrogen-bond donors (Lipinski definition) is 1. The predicted molar refractivity (Wildman–Crippen MR) is 72.0 cm³/mol. The fourth-order valence-electron chi connectivity index (χ4n) is 2.04. The van der Waals surface area contributed by atoms with Gasteiger partial charge in [-0.15, -0.1) is 0 Å². The zero-order valence-corrected chi connectivity index (χ0v) is 11.4. The molecule has 19 heavy (non-hydrogen) atoms. The van der Waals surface area contributed by atoms with Crippen LogP contribution in [0.5, 0.6) is 11.5 Å². The number of methoxy groups -OCH3 is 2. The number of H-pyrrole nitrogens is 1. The second kappa shape index (κ2) is 5.14. The smallest absolute Gasteiger partial charge is 0.185 e. The largest absolute Gasteiger partial charge is 0.496 e. The standard InChI is InChI=1S/C14H16N2O3/c1-8-5-12(19-4)10(6-11(8)18-3)14-9(2)15-13(7-17)16-14/h5-7H,1-4H3,(H,15,16). The Morgan fingerprint density at radius 2 is 1.84 bits per heavy atom. The van der Waals surface area contributed by atoms with Crippen LogP contribution in [-0.2, 0) is 0 Å². The first-order valence-electron chi connectivity index (χ1n) is 5.85. The first kappa shape index (κ1) is 13.1. The summed E-state index contributed by atoms with van der Waals surface area (Å²) in [6.07, 6.45) is 0.689. The van der Waals surface area contributed by atoms with E-state index in [0.717, 1.165) is 22.6 Å². The third-order valence-electron chi connectivity index (χ3n) is 2.99. The van der Waals surface area contributed by atoms with Crippen molar-refractivity contribution in [1.82, 2.24) is 9.97 Å². The van der Waals surface area contributed by atoms with E-state index >= 15 is 0 Å². The van der Waals surface area contributed by atoms with Crippen molar-refractivity contribution in [3.8, 4) is 22.8 Å². The second-order valence-electron chi connectivity index (χ2n) is 4.24. The molecule has 0 fully saturated rings. The molecule has 0 radical (unpaired) electrons. The first-order chi connectivity index (χ1) is 9.10. The van der Waals surface area contributed by atoms with Crippen molar-refractivity contribution in [1.29, 1.82) is 0 Å². The Balaban J connectivity index is 2.65. The molecule has 0 atom stereocenters. The second-order valence-corrected chi connectivity index (χ2v) is 4.24. The lowest BCUT2D eigenvalue weighted by atomic mass is 10.1. The van der Waals surface area contributed by atoms with E-state index in [1.165, 1.54) is 0 Å². The zero-order chi connectivity index (χ0) is 14.0. The number of imidazole rings is 1. The van der Waals surface area contributed by atoms with Gasteiger partial charge in [-0.25, -0.2) is 4.98 Å². The van der Waals surface area contributed by atoms with Crippen molar-refractivity contribution in [2.24, 2.45) is 0 Å². The summed E-state index contributed by atoms with van der Waals surface area (Å²) in [6, 6.07) is 3.76. The van der Waals surface area contributed by atoms with Crippen molar-refractivity contribution < 1.29 is 14.3 Å². The molecule has 0 aliphatic heterocycles. The number of aldehydes is 1. The van der Waals surface area contributed by atoms with Gasteiger partial charge in [0, 0.05) is 11.3 Å². The van der Waals surface area contributed by atoms with Crippen LogP contribution in [0.3, 0.4) is 0 Å². The maximum atomic E-state index is 10.8. The molecule has 2 aromatic rings. The van der Waals surface area contributed by atoms with Gasteiger partial charge in [0.25, 0.3) is 0 Å². The first-order valence-corrected chi connectivity index (χ1v) is 5.85. The third-order valence-corrected chi connectivity index (χ3v) is 2.99. The highest BCUT2D eigenvalue weighted by molar-refractivity contribution is 5.76. The molecule has 1 aromatic carbocycles. The number of rotatable bonds is 4. The topological polar surface area (TPSA) is 64.2 Å². The Kier molecular flexibility index (Phi) is 3.55. The minimum Gasteiger partial charge on any atom is -0.496 e. The van der Waals surface area contributed by atoms with E-state index in [-0.39, 0.29) is 0 Å². The molecule has 1 aromatic heterocycles. The quantitative estimate of drug-likeness (QED) is 0.858. The Morgan fingerprint density at radius 1 is 1.16 bits per heavy atom. The molecule has 1 N–H and O–H groups in total. The number of ether oxygens (including phenoxy) is 2. The van der Waals surface area contributed by atoms with Crippen LogP contribution in [0.2, 0.25) is 0 Å². The number of benzene rings is 1. The van der Waals surface area contributed by atoms with Crippen LogP contribution in [0.25, 0.3) is 11.3 Å². The predicted octanol–water partition coefficient (Wildman–Crippen LogP) is 2.52. The number of nitrogens with one attached hydrogen (secondary N) is 1. The summed E-state index contributed by atoms with van der Waals surface area (Å²) >= 11 is 0. The summed E-state index contributed by atoms with van der Waals surface area (Å²) in [5.74, 6) is 1.75. The summed E-state index contributed by atoms with van der Waals surface area (Å²) in [6.45, 7) is 3.81. The van der Waals surface area contributed by atoms with Crippen molar-refractivity contribution in [3.05, 3.63) is 29.2 Å². The molecule has 0 saturated heterocycles. The number of carbonyl (C=O) groups excluding carboxylic acids is 1. The summed E-state index contributed by atoms with van der Waals surface area (Å²) in [7, 11) is 3.22. The van der Waals surface area contributed by atoms with E-state index in [0.29, 0.717) is 23.6 Å². The van der Waals surface area contributed by atoms with E-state index < -0.39 is 0 Å². The summed E-state index contributed by atoms with van der Waals surface area (Å²) in [4.78, 5) is 18.0. The van der Waals surface area contributed by atoms with Gasteiger partial charge in [0.15, 0.2) is 12.1 Å². The average Bonchev–Trinajstić information content (AvgIpc) is 2.79. The fourth-order valence-corrected chi connectivity index (χ4v) is 2.04. The summed E-state index contributed by atoms with van der Waals surface area (Å²) < 4.78 is 10.7. The van der Waals surface area contributed by atoms with Crippen LogP contribution in [0.1, 0.15) is 21.9 Å². The molecule has 5 nitrogen and oxygen atoms in total. The average molecular weight is 260 g/mol. The number of aryl methyl sites for hydroxylation is 2. The normalized spacial score (nSPS) is 10.3. The van der Waals surface area contributed by atoms with Gasteiger partial charge in [0.2, 0.25) is 0 Å². The van der Waals surface area contributed by atoms with E-state index in [2.05, 4.69) is 9.97 Å². The van der Waals surface area contributed by atoms with Crippen molar-refractivity contribution in [2.45, 2.75) is 13.8 Å². The molecule has 0 aliphatic carbocycles. The fraction of sp³-hybridized carbons (Fsp3) is 0.286. The highest BCUT2D eigenvalue weighted by Crippen LogP contribution is 2.36. The van der Waals surface area contributed by atoms with Crippen LogP contribution in [-0.4, -0.2) is 30.5 Å². The molecule has 5 heteroatoms. The lowest BCUT2D eigenvalue weighted by molar-refractivity contribution is 0.111. The van der Waals surface area contributed by atoms with Gasteiger partial charge in [-0.3, -0.25) is 4.79 Å². The highest BCUT2D eigenvalue weighted by atomic mass is 16.5. The number of aromatic amines is 1. The lowest BCUT2D eigenvalue weighted by Crippen LogP contribution is -1.94. The molecule has 0 amide bonds. The van der Waals surface area contributed by atoms with E-state index in [1.807, 2.05) is 26.0 Å². The molecule has 0 saturated carbocycles. The molecule has 0 spiro atoms. The van der Waals surface area contributed by atoms with Crippen LogP contribution < -0.4 is 9.47 Å². The molecular formula is C14H16N2O3. The van der Waals surface area contributed by atoms with Gasteiger partial charge in [0.1, 0.15) is 11.5 Å². The molecular weight excluding hydrogens is 244 g/mol. The Bertz CT molecular complexity index is 617. The molecule has 2 rings (SSSR count). The number of hydrogen-bond acceptors (Lipinski definition) is 4. The van der Waals surface area contributed by atoms with Gasteiger partial charge in [-0.2, -0.15) is 0 Å². The molecule has 100 valence electrons. The van der Waals surface area contributed by atoms with Crippen LogP contribution in [0, 0.1) is 13.8 Å².